The number of aromatic nitrogens is 2. The summed E-state index contributed by atoms with van der Waals surface area (Å²) in [6, 6.07) is 30.0. The largest absolute Gasteiger partial charge is 0.489 e. The fourth-order valence-corrected chi connectivity index (χ4v) is 7.21. The van der Waals surface area contributed by atoms with Gasteiger partial charge in [-0.3, -0.25) is 0 Å². The highest BCUT2D eigenvalue weighted by atomic mass is 32.2. The monoisotopic (exact) mass is 603 g/mol. The fraction of sp³-hybridized carbons (Fsp3) is 0.257. The van der Waals surface area contributed by atoms with Gasteiger partial charge in [0.15, 0.2) is 16.6 Å². The number of rotatable bonds is 7. The number of hydrogen-bond acceptors (Lipinski definition) is 7. The molecule has 0 radical (unpaired) electrons. The molecule has 0 saturated carbocycles. The number of ether oxygens (including phenoxy) is 2. The first-order valence-corrected chi connectivity index (χ1v) is 16.1. The van der Waals surface area contributed by atoms with E-state index in [0.717, 1.165) is 66.8 Å². The second kappa shape index (κ2) is 12.6. The van der Waals surface area contributed by atoms with Crippen molar-refractivity contribution in [3.8, 4) is 34.2 Å². The number of anilines is 1. The summed E-state index contributed by atoms with van der Waals surface area (Å²) in [6.07, 6.45) is 3.40. The van der Waals surface area contributed by atoms with Crippen molar-refractivity contribution in [2.45, 2.75) is 23.8 Å². The Balaban J connectivity index is 1.32. The lowest BCUT2D eigenvalue weighted by Crippen LogP contribution is -2.43. The van der Waals surface area contributed by atoms with E-state index < -0.39 is 11.0 Å². The molecule has 9 heteroatoms. The Morgan fingerprint density at radius 3 is 2.43 bits per heavy atom. The molecule has 0 amide bonds. The van der Waals surface area contributed by atoms with Gasteiger partial charge in [0.1, 0.15) is 17.9 Å². The minimum atomic E-state index is -1.54. The van der Waals surface area contributed by atoms with Crippen molar-refractivity contribution in [3.63, 3.8) is 0 Å². The summed E-state index contributed by atoms with van der Waals surface area (Å²) in [5.41, 5.74) is 5.82. The number of benzene rings is 3. The van der Waals surface area contributed by atoms with Crippen LogP contribution in [0.2, 0.25) is 0 Å². The molecule has 222 valence electrons. The van der Waals surface area contributed by atoms with E-state index >= 15 is 0 Å². The van der Waals surface area contributed by atoms with Gasteiger partial charge in [0.2, 0.25) is 0 Å². The number of nitrogens with zero attached hydrogens (tertiary/aromatic N) is 4. The standard InChI is InChI=1S/C35H33N5O3S/c36-24-27-22-26(8-11-34(27)43-29-13-20-42-21-14-29)31-12-15-38-35-32(31)23-33(40(35)44(41)30-4-2-1-3-5-30)25-6-9-28(10-7-25)39-18-16-37-17-19-39/h1-12,15,22-23,29,37H,13-14,16-21H2. The molecule has 2 aliphatic rings. The van der Waals surface area contributed by atoms with E-state index in [4.69, 9.17) is 14.5 Å². The third-order valence-electron chi connectivity index (χ3n) is 8.29. The van der Waals surface area contributed by atoms with Crippen molar-refractivity contribution in [2.75, 3.05) is 44.3 Å². The Morgan fingerprint density at radius 1 is 0.932 bits per heavy atom. The maximum absolute atomic E-state index is 14.2. The number of pyridine rings is 1. The van der Waals surface area contributed by atoms with Crippen LogP contribution in [0.5, 0.6) is 5.75 Å². The molecule has 2 saturated heterocycles. The van der Waals surface area contributed by atoms with Crippen molar-refractivity contribution in [2.24, 2.45) is 0 Å². The minimum Gasteiger partial charge on any atom is -0.489 e. The predicted octanol–water partition coefficient (Wildman–Crippen LogP) is 5.78. The van der Waals surface area contributed by atoms with Gasteiger partial charge >= 0.3 is 0 Å². The molecule has 2 aromatic heterocycles. The van der Waals surface area contributed by atoms with Gasteiger partial charge in [-0.2, -0.15) is 5.26 Å². The van der Waals surface area contributed by atoms with E-state index in [1.54, 1.807) is 6.20 Å². The van der Waals surface area contributed by atoms with E-state index in [2.05, 4.69) is 46.6 Å². The minimum absolute atomic E-state index is 0.0388. The second-order valence-electron chi connectivity index (χ2n) is 11.0. The number of nitrogens with one attached hydrogen (secondary N) is 1. The molecule has 4 heterocycles. The Bertz CT molecular complexity index is 1840. The smallest absolute Gasteiger partial charge is 0.158 e. The Labute approximate surface area is 259 Å². The van der Waals surface area contributed by atoms with Gasteiger partial charge in [0.05, 0.1) is 29.4 Å². The molecular weight excluding hydrogens is 570 g/mol. The zero-order chi connectivity index (χ0) is 29.9. The SMILES string of the molecule is N#Cc1cc(-c2ccnc3c2cc(-c2ccc(N4CCNCC4)cc2)n3S(=O)c2ccccc2)ccc1OC1CCOCC1. The zero-order valence-electron chi connectivity index (χ0n) is 24.3. The molecule has 5 aromatic rings. The van der Waals surface area contributed by atoms with Crippen LogP contribution in [0.3, 0.4) is 0 Å². The van der Waals surface area contributed by atoms with E-state index in [1.165, 1.54) is 5.69 Å². The van der Waals surface area contributed by atoms with Gasteiger partial charge in [-0.05, 0) is 65.2 Å². The highest BCUT2D eigenvalue weighted by molar-refractivity contribution is 7.83. The lowest BCUT2D eigenvalue weighted by molar-refractivity contribution is 0.0254. The Kier molecular flexibility index (Phi) is 8.12. The van der Waals surface area contributed by atoms with Crippen molar-refractivity contribution in [1.29, 1.82) is 5.26 Å². The lowest BCUT2D eigenvalue weighted by Gasteiger charge is -2.29. The maximum Gasteiger partial charge on any atom is 0.158 e. The third kappa shape index (κ3) is 5.60. The molecule has 44 heavy (non-hydrogen) atoms. The molecule has 1 unspecified atom stereocenters. The van der Waals surface area contributed by atoms with E-state index in [0.29, 0.717) is 35.1 Å². The fourth-order valence-electron chi connectivity index (χ4n) is 5.97. The molecule has 2 fully saturated rings. The van der Waals surface area contributed by atoms with Crippen LogP contribution in [-0.2, 0) is 15.7 Å². The number of nitriles is 1. The summed E-state index contributed by atoms with van der Waals surface area (Å²) in [7, 11) is -1.54. The van der Waals surface area contributed by atoms with Gasteiger partial charge in [-0.15, -0.1) is 0 Å². The summed E-state index contributed by atoms with van der Waals surface area (Å²) in [5, 5.41) is 14.3. The second-order valence-corrected chi connectivity index (χ2v) is 12.4. The van der Waals surface area contributed by atoms with Gasteiger partial charge in [0, 0.05) is 56.3 Å². The summed E-state index contributed by atoms with van der Waals surface area (Å²) < 4.78 is 27.6. The molecule has 8 nitrogen and oxygen atoms in total. The van der Waals surface area contributed by atoms with Crippen LogP contribution in [-0.4, -0.2) is 58.7 Å². The number of fused-ring (bicyclic) bond motifs is 1. The van der Waals surface area contributed by atoms with Gasteiger partial charge in [-0.1, -0.05) is 36.4 Å². The summed E-state index contributed by atoms with van der Waals surface area (Å²) in [6.45, 7) is 5.21. The predicted molar refractivity (Wildman–Crippen MR) is 173 cm³/mol. The van der Waals surface area contributed by atoms with Gasteiger partial charge in [-0.25, -0.2) is 13.2 Å². The van der Waals surface area contributed by atoms with E-state index in [1.807, 2.05) is 58.6 Å². The first-order valence-electron chi connectivity index (χ1n) is 15.0. The topological polar surface area (TPSA) is 92.4 Å². The van der Waals surface area contributed by atoms with E-state index in [-0.39, 0.29) is 6.10 Å². The number of piperazine rings is 1. The summed E-state index contributed by atoms with van der Waals surface area (Å²) in [4.78, 5) is 7.81. The average molecular weight is 604 g/mol. The highest BCUT2D eigenvalue weighted by Gasteiger charge is 2.22. The summed E-state index contributed by atoms with van der Waals surface area (Å²) >= 11 is 0. The summed E-state index contributed by atoms with van der Waals surface area (Å²) in [5.74, 6) is 0.585. The number of hydrogen-bond donors (Lipinski definition) is 1. The van der Waals surface area contributed by atoms with Crippen molar-refractivity contribution in [1.82, 2.24) is 14.3 Å². The molecule has 3 aromatic carbocycles. The first-order chi connectivity index (χ1) is 21.7. The molecular formula is C35H33N5O3S. The van der Waals surface area contributed by atoms with E-state index in [9.17, 15) is 9.47 Å². The van der Waals surface area contributed by atoms with Gasteiger partial charge in [0.25, 0.3) is 0 Å². The quantitative estimate of drug-likeness (QED) is 0.252. The van der Waals surface area contributed by atoms with Crippen LogP contribution in [0.4, 0.5) is 5.69 Å². The molecule has 2 aliphatic heterocycles. The van der Waals surface area contributed by atoms with Crippen LogP contribution < -0.4 is 15.0 Å². The maximum atomic E-state index is 14.2. The Morgan fingerprint density at radius 2 is 1.68 bits per heavy atom. The zero-order valence-corrected chi connectivity index (χ0v) is 25.1. The van der Waals surface area contributed by atoms with Crippen LogP contribution in [0.25, 0.3) is 33.4 Å². The van der Waals surface area contributed by atoms with Crippen LogP contribution in [0.15, 0.2) is 96.0 Å². The third-order valence-corrected chi connectivity index (χ3v) is 9.67. The Hall–Kier alpha value is -4.49. The normalized spacial score (nSPS) is 16.5. The highest BCUT2D eigenvalue weighted by Crippen LogP contribution is 2.37. The van der Waals surface area contributed by atoms with Crippen LogP contribution in [0, 0.1) is 11.3 Å². The van der Waals surface area contributed by atoms with Crippen molar-refractivity contribution < 1.29 is 13.7 Å². The molecule has 7 rings (SSSR count). The lowest BCUT2D eigenvalue weighted by atomic mass is 10.0. The van der Waals surface area contributed by atoms with Crippen molar-refractivity contribution in [3.05, 3.63) is 96.7 Å². The molecule has 0 aliphatic carbocycles. The molecule has 1 atom stereocenters. The van der Waals surface area contributed by atoms with Crippen LogP contribution >= 0.6 is 0 Å². The van der Waals surface area contributed by atoms with Crippen molar-refractivity contribution >= 4 is 27.7 Å². The molecule has 0 spiro atoms. The molecule has 1 N–H and O–H groups in total. The first kappa shape index (κ1) is 28.3. The molecule has 0 bridgehead atoms. The average Bonchev–Trinajstić information content (AvgIpc) is 3.49. The van der Waals surface area contributed by atoms with Gasteiger partial charge < -0.3 is 19.7 Å². The van der Waals surface area contributed by atoms with Crippen LogP contribution in [0.1, 0.15) is 18.4 Å².